The predicted octanol–water partition coefficient (Wildman–Crippen LogP) is 0.563. The summed E-state index contributed by atoms with van der Waals surface area (Å²) >= 11 is 0. The molecule has 0 aliphatic carbocycles. The van der Waals surface area contributed by atoms with Crippen molar-refractivity contribution >= 4 is 6.03 Å². The maximum absolute atomic E-state index is 11.4. The minimum Gasteiger partial charge on any atom is -0.391 e. The van der Waals surface area contributed by atoms with Gasteiger partial charge < -0.3 is 15.3 Å². The molecule has 1 fully saturated rings. The fourth-order valence-electron chi connectivity index (χ4n) is 1.41. The van der Waals surface area contributed by atoms with Gasteiger partial charge in [-0.2, -0.15) is 0 Å². The number of hydrogen-bond acceptors (Lipinski definition) is 2. The molecule has 1 aliphatic rings. The predicted molar refractivity (Wildman–Crippen MR) is 50.5 cm³/mol. The lowest BCUT2D eigenvalue weighted by Crippen LogP contribution is -2.39. The van der Waals surface area contributed by atoms with Crippen LogP contribution in [0.1, 0.15) is 26.2 Å². The Morgan fingerprint density at radius 3 is 3.00 bits per heavy atom. The Balaban J connectivity index is 2.16. The van der Waals surface area contributed by atoms with E-state index in [0.29, 0.717) is 19.5 Å². The van der Waals surface area contributed by atoms with Gasteiger partial charge in [0.1, 0.15) is 0 Å². The van der Waals surface area contributed by atoms with Crippen molar-refractivity contribution in [2.45, 2.75) is 32.3 Å². The SMILES string of the molecule is CCCCNC(=O)N1CC[C@H](O)C1. The molecule has 0 saturated carbocycles. The van der Waals surface area contributed by atoms with Crippen LogP contribution in [-0.4, -0.2) is 41.8 Å². The van der Waals surface area contributed by atoms with Crippen LogP contribution in [0.4, 0.5) is 4.79 Å². The lowest BCUT2D eigenvalue weighted by Gasteiger charge is -2.15. The van der Waals surface area contributed by atoms with Crippen LogP contribution in [0.5, 0.6) is 0 Å². The minimum absolute atomic E-state index is 0.0370. The van der Waals surface area contributed by atoms with E-state index in [1.807, 2.05) is 0 Å². The smallest absolute Gasteiger partial charge is 0.317 e. The van der Waals surface area contributed by atoms with Crippen LogP contribution in [0.25, 0.3) is 0 Å². The van der Waals surface area contributed by atoms with E-state index >= 15 is 0 Å². The second-order valence-electron chi connectivity index (χ2n) is 3.47. The zero-order valence-corrected chi connectivity index (χ0v) is 8.12. The Morgan fingerprint density at radius 2 is 2.46 bits per heavy atom. The van der Waals surface area contributed by atoms with Gasteiger partial charge in [-0.25, -0.2) is 4.79 Å². The van der Waals surface area contributed by atoms with Gasteiger partial charge in [-0.3, -0.25) is 0 Å². The number of aliphatic hydroxyl groups is 1. The van der Waals surface area contributed by atoms with Gasteiger partial charge in [-0.1, -0.05) is 13.3 Å². The van der Waals surface area contributed by atoms with Crippen LogP contribution in [-0.2, 0) is 0 Å². The van der Waals surface area contributed by atoms with E-state index in [0.717, 1.165) is 19.4 Å². The number of amides is 2. The van der Waals surface area contributed by atoms with E-state index < -0.39 is 0 Å². The van der Waals surface area contributed by atoms with Crippen molar-refractivity contribution in [3.63, 3.8) is 0 Å². The number of urea groups is 1. The first kappa shape index (κ1) is 10.3. The fourth-order valence-corrected chi connectivity index (χ4v) is 1.41. The number of β-amino-alcohol motifs (C(OH)–C–C–N with tert-alkyl or cyclic N) is 1. The summed E-state index contributed by atoms with van der Waals surface area (Å²) in [6.07, 6.45) is 2.49. The van der Waals surface area contributed by atoms with E-state index in [1.54, 1.807) is 4.90 Å². The van der Waals surface area contributed by atoms with E-state index in [-0.39, 0.29) is 12.1 Å². The first-order valence-corrected chi connectivity index (χ1v) is 4.95. The number of nitrogens with zero attached hydrogens (tertiary/aromatic N) is 1. The van der Waals surface area contributed by atoms with E-state index in [1.165, 1.54) is 0 Å². The van der Waals surface area contributed by atoms with Crippen LogP contribution in [0.2, 0.25) is 0 Å². The molecule has 1 rings (SSSR count). The highest BCUT2D eigenvalue weighted by Crippen LogP contribution is 2.08. The molecule has 2 N–H and O–H groups in total. The summed E-state index contributed by atoms with van der Waals surface area (Å²) < 4.78 is 0. The van der Waals surface area contributed by atoms with Crippen molar-refractivity contribution in [3.8, 4) is 0 Å². The standard InChI is InChI=1S/C9H18N2O2/c1-2-3-5-10-9(13)11-6-4-8(12)7-11/h8,12H,2-7H2,1H3,(H,10,13)/t8-/m0/s1. The van der Waals surface area contributed by atoms with E-state index in [4.69, 9.17) is 0 Å². The largest absolute Gasteiger partial charge is 0.391 e. The molecule has 0 unspecified atom stereocenters. The highest BCUT2D eigenvalue weighted by Gasteiger charge is 2.23. The summed E-state index contributed by atoms with van der Waals surface area (Å²) in [5.74, 6) is 0. The van der Waals surface area contributed by atoms with Crippen molar-refractivity contribution in [1.82, 2.24) is 10.2 Å². The summed E-state index contributed by atoms with van der Waals surface area (Å²) in [7, 11) is 0. The van der Waals surface area contributed by atoms with Gasteiger partial charge in [0.2, 0.25) is 0 Å². The molecule has 0 spiro atoms. The number of carbonyl (C=O) groups excluding carboxylic acids is 1. The summed E-state index contributed by atoms with van der Waals surface area (Å²) in [6.45, 7) is 3.99. The van der Waals surface area contributed by atoms with Gasteiger partial charge in [0, 0.05) is 19.6 Å². The van der Waals surface area contributed by atoms with Crippen molar-refractivity contribution in [1.29, 1.82) is 0 Å². The average Bonchev–Trinajstić information content (AvgIpc) is 2.52. The number of rotatable bonds is 3. The van der Waals surface area contributed by atoms with E-state index in [9.17, 15) is 9.90 Å². The van der Waals surface area contributed by atoms with Crippen LogP contribution >= 0.6 is 0 Å². The summed E-state index contributed by atoms with van der Waals surface area (Å²) in [4.78, 5) is 13.0. The molecule has 0 bridgehead atoms. The molecule has 2 amide bonds. The normalized spacial score (nSPS) is 22.0. The molecule has 0 radical (unpaired) electrons. The van der Waals surface area contributed by atoms with Crippen LogP contribution in [0.3, 0.4) is 0 Å². The number of hydrogen-bond donors (Lipinski definition) is 2. The zero-order valence-electron chi connectivity index (χ0n) is 8.12. The summed E-state index contributed by atoms with van der Waals surface area (Å²) in [6, 6.07) is -0.0370. The molecule has 4 nitrogen and oxygen atoms in total. The van der Waals surface area contributed by atoms with Gasteiger partial charge in [-0.15, -0.1) is 0 Å². The Hall–Kier alpha value is -0.770. The highest BCUT2D eigenvalue weighted by molar-refractivity contribution is 5.74. The van der Waals surface area contributed by atoms with Crippen molar-refractivity contribution < 1.29 is 9.90 Å². The number of likely N-dealkylation sites (tertiary alicyclic amines) is 1. The molecule has 0 aromatic heterocycles. The van der Waals surface area contributed by atoms with E-state index in [2.05, 4.69) is 12.2 Å². The summed E-state index contributed by atoms with van der Waals surface area (Å²) in [5.41, 5.74) is 0. The van der Waals surface area contributed by atoms with Crippen LogP contribution in [0, 0.1) is 0 Å². The number of unbranched alkanes of at least 4 members (excludes halogenated alkanes) is 1. The van der Waals surface area contributed by atoms with Crippen molar-refractivity contribution in [2.24, 2.45) is 0 Å². The quantitative estimate of drug-likeness (QED) is 0.633. The van der Waals surface area contributed by atoms with Crippen molar-refractivity contribution in [3.05, 3.63) is 0 Å². The summed E-state index contributed by atoms with van der Waals surface area (Å²) in [5, 5.41) is 12.0. The molecule has 0 aromatic rings. The van der Waals surface area contributed by atoms with Gasteiger partial charge in [0.05, 0.1) is 6.10 Å². The first-order valence-electron chi connectivity index (χ1n) is 4.95. The maximum atomic E-state index is 11.4. The zero-order chi connectivity index (χ0) is 9.68. The third-order valence-electron chi connectivity index (χ3n) is 2.26. The molecule has 0 aromatic carbocycles. The molecule has 76 valence electrons. The molecule has 1 heterocycles. The van der Waals surface area contributed by atoms with Gasteiger partial charge >= 0.3 is 6.03 Å². The molecule has 1 atom stereocenters. The molecule has 4 heteroatoms. The first-order chi connectivity index (χ1) is 6.24. The number of aliphatic hydroxyl groups excluding tert-OH is 1. The average molecular weight is 186 g/mol. The molecule has 1 aliphatic heterocycles. The van der Waals surface area contributed by atoms with Gasteiger partial charge in [0.25, 0.3) is 0 Å². The second-order valence-corrected chi connectivity index (χ2v) is 3.47. The molecule has 13 heavy (non-hydrogen) atoms. The van der Waals surface area contributed by atoms with Crippen LogP contribution in [0.15, 0.2) is 0 Å². The molecular formula is C9H18N2O2. The van der Waals surface area contributed by atoms with Gasteiger partial charge in [-0.05, 0) is 12.8 Å². The number of carbonyl (C=O) groups is 1. The maximum Gasteiger partial charge on any atom is 0.317 e. The van der Waals surface area contributed by atoms with Crippen LogP contribution < -0.4 is 5.32 Å². The Kier molecular flexibility index (Phi) is 4.02. The Bertz CT molecular complexity index is 173. The third-order valence-corrected chi connectivity index (χ3v) is 2.26. The topological polar surface area (TPSA) is 52.6 Å². The van der Waals surface area contributed by atoms with Gasteiger partial charge in [0.15, 0.2) is 0 Å². The molecule has 1 saturated heterocycles. The highest BCUT2D eigenvalue weighted by atomic mass is 16.3. The minimum atomic E-state index is -0.322. The second kappa shape index (κ2) is 5.07. The fraction of sp³-hybridized carbons (Fsp3) is 0.889. The lowest BCUT2D eigenvalue weighted by molar-refractivity contribution is 0.172. The molecular weight excluding hydrogens is 168 g/mol. The third kappa shape index (κ3) is 3.22. The monoisotopic (exact) mass is 186 g/mol. The van der Waals surface area contributed by atoms with Crippen molar-refractivity contribution in [2.75, 3.05) is 19.6 Å². The Labute approximate surface area is 78.9 Å². The Morgan fingerprint density at radius 1 is 1.69 bits per heavy atom. The number of nitrogens with one attached hydrogen (secondary N) is 1. The lowest BCUT2D eigenvalue weighted by atomic mass is 10.3.